The monoisotopic (exact) mass is 379 g/mol. The van der Waals surface area contributed by atoms with Crippen LogP contribution in [0, 0.1) is 0 Å². The van der Waals surface area contributed by atoms with Crippen LogP contribution in [0.1, 0.15) is 43.9 Å². The summed E-state index contributed by atoms with van der Waals surface area (Å²) in [5.41, 5.74) is 1.31. The number of anilines is 1. The topological polar surface area (TPSA) is 92.1 Å². The van der Waals surface area contributed by atoms with Gasteiger partial charge in [0.15, 0.2) is 5.82 Å². The minimum absolute atomic E-state index is 0.0772. The number of aliphatic hydroxyl groups is 1. The molecule has 0 spiro atoms. The molecule has 1 amide bonds. The molecule has 146 valence electrons. The number of carbonyl (C=O) groups excluding carboxylic acids is 1. The number of aromatic nitrogens is 3. The van der Waals surface area contributed by atoms with E-state index in [-0.39, 0.29) is 31.4 Å². The molecule has 3 rings (SSSR count). The largest absolute Gasteiger partial charge is 0.390 e. The van der Waals surface area contributed by atoms with Crippen molar-refractivity contribution in [2.24, 2.45) is 0 Å². The molecule has 2 aromatic rings. The molecule has 7 nitrogen and oxygen atoms in total. The molecule has 1 fully saturated rings. The number of nitrogens with zero attached hydrogens (tertiary/aromatic N) is 3. The molecule has 9 heteroatoms. The summed E-state index contributed by atoms with van der Waals surface area (Å²) in [6.45, 7) is 1.57. The zero-order valence-electron chi connectivity index (χ0n) is 15.1. The molecule has 2 heterocycles. The molecule has 1 aliphatic carbocycles. The molecule has 2 aromatic heterocycles. The Morgan fingerprint density at radius 2 is 2.11 bits per heavy atom. The molecule has 1 aliphatic rings. The van der Waals surface area contributed by atoms with E-state index in [0.29, 0.717) is 36.7 Å². The maximum atomic E-state index is 13.4. The zero-order valence-corrected chi connectivity index (χ0v) is 15.1. The Labute approximate surface area is 155 Å². The lowest BCUT2D eigenvalue weighted by molar-refractivity contribution is -0.119. The molecule has 1 saturated carbocycles. The summed E-state index contributed by atoms with van der Waals surface area (Å²) in [5.74, 6) is -1.68. The number of pyridine rings is 1. The molecule has 0 atom stereocenters. The predicted octanol–water partition coefficient (Wildman–Crippen LogP) is 2.39. The summed E-state index contributed by atoms with van der Waals surface area (Å²) >= 11 is 0. The third-order valence-corrected chi connectivity index (χ3v) is 4.52. The Kier molecular flexibility index (Phi) is 5.69. The minimum Gasteiger partial charge on any atom is -0.390 e. The number of aliphatic hydroxyl groups excluding tert-OH is 1. The number of nitrogens with one attached hydrogen (secondary N) is 2. The molecule has 27 heavy (non-hydrogen) atoms. The second-order valence-corrected chi connectivity index (χ2v) is 6.81. The van der Waals surface area contributed by atoms with E-state index < -0.39 is 5.92 Å². The van der Waals surface area contributed by atoms with Crippen molar-refractivity contribution >= 4 is 11.7 Å². The SMILES string of the molecule is CC(=O)NCc1cc(NC2CCC(F)(F)CC2)nc(-n2ccc(CO)n2)c1. The van der Waals surface area contributed by atoms with Crippen molar-refractivity contribution in [3.63, 3.8) is 0 Å². The maximum Gasteiger partial charge on any atom is 0.248 e. The smallest absolute Gasteiger partial charge is 0.248 e. The average molecular weight is 379 g/mol. The first-order chi connectivity index (χ1) is 12.8. The average Bonchev–Trinajstić information content (AvgIpc) is 3.11. The lowest BCUT2D eigenvalue weighted by atomic mass is 9.92. The van der Waals surface area contributed by atoms with Crippen LogP contribution in [0.4, 0.5) is 14.6 Å². The quantitative estimate of drug-likeness (QED) is 0.717. The van der Waals surface area contributed by atoms with E-state index in [4.69, 9.17) is 0 Å². The fourth-order valence-electron chi connectivity index (χ4n) is 3.06. The van der Waals surface area contributed by atoms with Crippen molar-refractivity contribution < 1.29 is 18.7 Å². The first kappa shape index (κ1) is 19.2. The van der Waals surface area contributed by atoms with Crippen LogP contribution in [-0.2, 0) is 17.9 Å². The molecule has 0 unspecified atom stereocenters. The highest BCUT2D eigenvalue weighted by Gasteiger charge is 2.34. The third kappa shape index (κ3) is 5.22. The van der Waals surface area contributed by atoms with E-state index in [9.17, 15) is 18.7 Å². The van der Waals surface area contributed by atoms with Gasteiger partial charge in [-0.2, -0.15) is 5.10 Å². The van der Waals surface area contributed by atoms with Crippen molar-refractivity contribution in [2.75, 3.05) is 5.32 Å². The van der Waals surface area contributed by atoms with Gasteiger partial charge in [0.1, 0.15) is 5.82 Å². The lowest BCUT2D eigenvalue weighted by Crippen LogP contribution is -2.32. The van der Waals surface area contributed by atoms with Crippen LogP contribution < -0.4 is 10.6 Å². The van der Waals surface area contributed by atoms with Gasteiger partial charge in [0, 0.05) is 38.5 Å². The Hall–Kier alpha value is -2.55. The van der Waals surface area contributed by atoms with Crippen LogP contribution in [-0.4, -0.2) is 37.7 Å². The van der Waals surface area contributed by atoms with Gasteiger partial charge < -0.3 is 15.7 Å². The van der Waals surface area contributed by atoms with Gasteiger partial charge in [0.25, 0.3) is 0 Å². The first-order valence-electron chi connectivity index (χ1n) is 8.90. The lowest BCUT2D eigenvalue weighted by Gasteiger charge is -2.29. The number of amides is 1. The number of rotatable bonds is 6. The van der Waals surface area contributed by atoms with Gasteiger partial charge in [-0.15, -0.1) is 0 Å². The van der Waals surface area contributed by atoms with Crippen LogP contribution in [0.3, 0.4) is 0 Å². The molecular formula is C18H23F2N5O2. The summed E-state index contributed by atoms with van der Waals surface area (Å²) < 4.78 is 28.3. The summed E-state index contributed by atoms with van der Waals surface area (Å²) in [6.07, 6.45) is 2.15. The fourth-order valence-corrected chi connectivity index (χ4v) is 3.06. The third-order valence-electron chi connectivity index (χ3n) is 4.52. The number of hydrogen-bond donors (Lipinski definition) is 3. The number of hydrogen-bond acceptors (Lipinski definition) is 5. The van der Waals surface area contributed by atoms with Crippen LogP contribution in [0.15, 0.2) is 24.4 Å². The molecular weight excluding hydrogens is 356 g/mol. The molecule has 0 aromatic carbocycles. The van der Waals surface area contributed by atoms with Crippen LogP contribution >= 0.6 is 0 Å². The summed E-state index contributed by atoms with van der Waals surface area (Å²) in [5, 5.41) is 19.4. The number of alkyl halides is 2. The van der Waals surface area contributed by atoms with Gasteiger partial charge in [0.2, 0.25) is 11.8 Å². The molecule has 0 radical (unpaired) electrons. The van der Waals surface area contributed by atoms with Crippen LogP contribution in [0.5, 0.6) is 0 Å². The fraction of sp³-hybridized carbons (Fsp3) is 0.500. The Balaban J connectivity index is 1.82. The van der Waals surface area contributed by atoms with Crippen LogP contribution in [0.25, 0.3) is 5.82 Å². The van der Waals surface area contributed by atoms with Gasteiger partial charge in [-0.3, -0.25) is 4.79 Å². The van der Waals surface area contributed by atoms with E-state index in [1.165, 1.54) is 11.6 Å². The van der Waals surface area contributed by atoms with Crippen molar-refractivity contribution in [3.05, 3.63) is 35.7 Å². The van der Waals surface area contributed by atoms with Crippen molar-refractivity contribution in [2.45, 2.75) is 57.7 Å². The van der Waals surface area contributed by atoms with E-state index in [2.05, 4.69) is 20.7 Å². The van der Waals surface area contributed by atoms with Gasteiger partial charge in [-0.05, 0) is 36.6 Å². The highest BCUT2D eigenvalue weighted by Crippen LogP contribution is 2.34. The zero-order chi connectivity index (χ0) is 19.4. The Bertz CT molecular complexity index is 799. The summed E-state index contributed by atoms with van der Waals surface area (Å²) in [6, 6.07) is 5.18. The maximum absolute atomic E-state index is 13.4. The van der Waals surface area contributed by atoms with E-state index in [1.807, 2.05) is 0 Å². The Morgan fingerprint density at radius 3 is 2.74 bits per heavy atom. The second kappa shape index (κ2) is 7.99. The van der Waals surface area contributed by atoms with Gasteiger partial charge >= 0.3 is 0 Å². The second-order valence-electron chi connectivity index (χ2n) is 6.81. The van der Waals surface area contributed by atoms with Crippen LogP contribution in [0.2, 0.25) is 0 Å². The molecule has 0 saturated heterocycles. The highest BCUT2D eigenvalue weighted by atomic mass is 19.3. The molecule has 0 aliphatic heterocycles. The standard InChI is InChI=1S/C18H23F2N5O2/c1-12(27)21-10-13-8-16(22-14-2-5-18(19,20)6-3-14)23-17(9-13)25-7-4-15(11-26)24-25/h4,7-9,14,26H,2-3,5-6,10-11H2,1H3,(H,21,27)(H,22,23). The number of halogens is 2. The minimum atomic E-state index is -2.58. The van der Waals surface area contributed by atoms with Crippen molar-refractivity contribution in [1.82, 2.24) is 20.1 Å². The summed E-state index contributed by atoms with van der Waals surface area (Å²) in [4.78, 5) is 15.7. The van der Waals surface area contributed by atoms with Gasteiger partial charge in [-0.1, -0.05) is 0 Å². The van der Waals surface area contributed by atoms with Gasteiger partial charge in [-0.25, -0.2) is 18.4 Å². The molecule has 3 N–H and O–H groups in total. The molecule has 0 bridgehead atoms. The van der Waals surface area contributed by atoms with E-state index >= 15 is 0 Å². The number of carbonyl (C=O) groups is 1. The van der Waals surface area contributed by atoms with Gasteiger partial charge in [0.05, 0.1) is 12.3 Å². The highest BCUT2D eigenvalue weighted by molar-refractivity contribution is 5.72. The van der Waals surface area contributed by atoms with E-state index in [0.717, 1.165) is 5.56 Å². The van der Waals surface area contributed by atoms with E-state index in [1.54, 1.807) is 24.4 Å². The first-order valence-corrected chi connectivity index (χ1v) is 8.90. The van der Waals surface area contributed by atoms with Crippen molar-refractivity contribution in [3.8, 4) is 5.82 Å². The van der Waals surface area contributed by atoms with Crippen molar-refractivity contribution in [1.29, 1.82) is 0 Å². The summed E-state index contributed by atoms with van der Waals surface area (Å²) in [7, 11) is 0. The predicted molar refractivity (Wildman–Crippen MR) is 95.6 cm³/mol. The Morgan fingerprint density at radius 1 is 1.37 bits per heavy atom. The normalized spacial score (nSPS) is 16.9.